The summed E-state index contributed by atoms with van der Waals surface area (Å²) in [5, 5.41) is 5.52. The Morgan fingerprint density at radius 2 is 2.12 bits per heavy atom. The Kier molecular flexibility index (Phi) is 4.24. The molecule has 25 heavy (non-hydrogen) atoms. The Balaban J connectivity index is 1.55. The van der Waals surface area contributed by atoms with E-state index in [4.69, 9.17) is 26.0 Å². The molecule has 0 spiro atoms. The molecule has 0 saturated carbocycles. The van der Waals surface area contributed by atoms with Crippen molar-refractivity contribution in [2.45, 2.75) is 19.6 Å². The van der Waals surface area contributed by atoms with Gasteiger partial charge in [-0.05, 0) is 43.4 Å². The Labute approximate surface area is 153 Å². The molecule has 0 saturated heterocycles. The second kappa shape index (κ2) is 6.55. The predicted molar refractivity (Wildman–Crippen MR) is 98.0 cm³/mol. The van der Waals surface area contributed by atoms with Crippen LogP contribution in [0.4, 0.5) is 0 Å². The van der Waals surface area contributed by atoms with Crippen LogP contribution in [0.3, 0.4) is 0 Å². The molecule has 6 nitrogen and oxygen atoms in total. The van der Waals surface area contributed by atoms with Gasteiger partial charge in [-0.1, -0.05) is 12.1 Å². The number of fused-ring (bicyclic) bond motifs is 1. The number of nitrogens with zero attached hydrogens (tertiary/aromatic N) is 3. The summed E-state index contributed by atoms with van der Waals surface area (Å²) in [6.45, 7) is 2.74. The fraction of sp³-hybridized carbons (Fsp3) is 0.235. The number of quaternary nitrogens is 1. The van der Waals surface area contributed by atoms with Gasteiger partial charge in [0.25, 0.3) is 10.7 Å². The largest absolute Gasteiger partial charge is 0.459 e. The second-order valence-corrected chi connectivity index (χ2v) is 7.31. The maximum Gasteiger partial charge on any atom is 0.292 e. The van der Waals surface area contributed by atoms with Crippen LogP contribution in [0, 0.1) is 4.84 Å². The van der Waals surface area contributed by atoms with Crippen LogP contribution < -0.4 is 4.90 Å². The summed E-state index contributed by atoms with van der Waals surface area (Å²) >= 11 is 7.01. The van der Waals surface area contributed by atoms with Crippen molar-refractivity contribution < 1.29 is 13.7 Å². The van der Waals surface area contributed by atoms with E-state index in [1.165, 1.54) is 9.60 Å². The first kappa shape index (κ1) is 16.2. The summed E-state index contributed by atoms with van der Waals surface area (Å²) in [6.07, 6.45) is 1.58. The molecule has 0 aliphatic rings. The predicted octanol–water partition coefficient (Wildman–Crippen LogP) is 3.31. The van der Waals surface area contributed by atoms with Crippen molar-refractivity contribution in [3.05, 3.63) is 52.5 Å². The van der Waals surface area contributed by atoms with Crippen molar-refractivity contribution in [3.63, 3.8) is 0 Å². The maximum absolute atomic E-state index is 5.54. The van der Waals surface area contributed by atoms with Gasteiger partial charge in [-0.3, -0.25) is 0 Å². The molecule has 3 heterocycles. The highest BCUT2D eigenvalue weighted by Crippen LogP contribution is 2.24. The number of hydrogen-bond acceptors (Lipinski definition) is 6. The van der Waals surface area contributed by atoms with E-state index in [9.17, 15) is 0 Å². The molecule has 1 N–H and O–H groups in total. The van der Waals surface area contributed by atoms with Crippen LogP contribution in [0.5, 0.6) is 0 Å². The van der Waals surface area contributed by atoms with E-state index >= 15 is 0 Å². The van der Waals surface area contributed by atoms with Gasteiger partial charge in [-0.25, -0.2) is 4.98 Å². The molecule has 128 valence electrons. The molecular weight excluding hydrogens is 356 g/mol. The maximum atomic E-state index is 5.54. The van der Waals surface area contributed by atoms with Crippen LogP contribution in [0.25, 0.3) is 21.9 Å². The molecule has 0 fully saturated rings. The molecule has 1 aromatic carbocycles. The highest BCUT2D eigenvalue weighted by atomic mass is 32.1. The molecule has 3 aromatic heterocycles. The van der Waals surface area contributed by atoms with Crippen molar-refractivity contribution >= 4 is 33.8 Å². The first-order valence-corrected chi connectivity index (χ1v) is 9.14. The van der Waals surface area contributed by atoms with E-state index in [0.29, 0.717) is 23.2 Å². The van der Waals surface area contributed by atoms with Crippen LogP contribution >= 0.6 is 23.6 Å². The third-order valence-electron chi connectivity index (χ3n) is 4.16. The quantitative estimate of drug-likeness (QED) is 0.544. The van der Waals surface area contributed by atoms with Gasteiger partial charge in [0.05, 0.1) is 23.5 Å². The molecule has 0 aliphatic heterocycles. The van der Waals surface area contributed by atoms with Gasteiger partial charge < -0.3 is 13.7 Å². The topological polar surface area (TPSA) is 61.4 Å². The molecule has 0 bridgehead atoms. The summed E-state index contributed by atoms with van der Waals surface area (Å²) in [4.78, 5) is 6.30. The summed E-state index contributed by atoms with van der Waals surface area (Å²) in [7, 11) is 2.10. The molecule has 1 unspecified atom stereocenters. The summed E-state index contributed by atoms with van der Waals surface area (Å²) < 4.78 is 13.7. The van der Waals surface area contributed by atoms with E-state index in [0.717, 1.165) is 10.5 Å². The number of rotatable bonds is 5. The number of hydrogen-bond donors (Lipinski definition) is 1. The number of para-hydroxylation sites is 1. The minimum absolute atomic E-state index is 0.211. The lowest BCUT2D eigenvalue weighted by molar-refractivity contribution is -0.933. The number of benzene rings is 1. The summed E-state index contributed by atoms with van der Waals surface area (Å²) in [6, 6.07) is 12.0. The first-order chi connectivity index (χ1) is 12.1. The highest BCUT2D eigenvalue weighted by Gasteiger charge is 2.21. The molecule has 2 atom stereocenters. The van der Waals surface area contributed by atoms with Crippen molar-refractivity contribution in [1.29, 1.82) is 0 Å². The van der Waals surface area contributed by atoms with Gasteiger partial charge in [0, 0.05) is 0 Å². The molecule has 0 amide bonds. The lowest BCUT2D eigenvalue weighted by Gasteiger charge is -2.19. The van der Waals surface area contributed by atoms with E-state index in [1.807, 2.05) is 18.2 Å². The van der Waals surface area contributed by atoms with Gasteiger partial charge >= 0.3 is 0 Å². The minimum Gasteiger partial charge on any atom is -0.459 e. The molecule has 4 rings (SSSR count). The van der Waals surface area contributed by atoms with Crippen LogP contribution in [0.15, 0.2) is 51.5 Å². The number of aromatic nitrogens is 3. The van der Waals surface area contributed by atoms with Crippen molar-refractivity contribution in [3.8, 4) is 11.7 Å². The van der Waals surface area contributed by atoms with Gasteiger partial charge in [0.15, 0.2) is 17.4 Å². The van der Waals surface area contributed by atoms with E-state index < -0.39 is 0 Å². The zero-order valence-corrected chi connectivity index (χ0v) is 15.4. The number of nitrogens with one attached hydrogen (secondary N) is 1. The van der Waals surface area contributed by atoms with Crippen molar-refractivity contribution in [2.24, 2.45) is 0 Å². The number of furan rings is 1. The monoisotopic (exact) mass is 373 g/mol. The second-order valence-electron chi connectivity index (χ2n) is 5.90. The van der Waals surface area contributed by atoms with E-state index in [1.54, 1.807) is 34.4 Å². The normalized spacial score (nSPS) is 14.0. The lowest BCUT2D eigenvalue weighted by Crippen LogP contribution is -3.08. The van der Waals surface area contributed by atoms with Gasteiger partial charge in [-0.15, -0.1) is 16.4 Å². The zero-order chi connectivity index (χ0) is 17.4. The SMILES string of the molecule is C[C@H](c1nc2ccccc2s1)[NH+](C)Cn1nc(-c2ccco2)oc1=S. The minimum atomic E-state index is 0.211. The third-order valence-corrected chi connectivity index (χ3v) is 5.67. The highest BCUT2D eigenvalue weighted by molar-refractivity contribution is 7.71. The Morgan fingerprint density at radius 3 is 2.88 bits per heavy atom. The third kappa shape index (κ3) is 3.15. The van der Waals surface area contributed by atoms with Crippen molar-refractivity contribution in [2.75, 3.05) is 7.05 Å². The Morgan fingerprint density at radius 1 is 1.28 bits per heavy atom. The van der Waals surface area contributed by atoms with Crippen LogP contribution in [0.1, 0.15) is 18.0 Å². The fourth-order valence-electron chi connectivity index (χ4n) is 2.57. The molecule has 8 heteroatoms. The molecule has 4 aromatic rings. The Hall–Kier alpha value is -2.29. The van der Waals surface area contributed by atoms with Crippen LogP contribution in [0.2, 0.25) is 0 Å². The average molecular weight is 373 g/mol. The van der Waals surface area contributed by atoms with E-state index in [-0.39, 0.29) is 6.04 Å². The van der Waals surface area contributed by atoms with Gasteiger partial charge in [-0.2, -0.15) is 4.68 Å². The van der Waals surface area contributed by atoms with Gasteiger partial charge in [0.1, 0.15) is 6.04 Å². The summed E-state index contributed by atoms with van der Waals surface area (Å²) in [5.74, 6) is 0.970. The van der Waals surface area contributed by atoms with Gasteiger partial charge in [0.2, 0.25) is 0 Å². The average Bonchev–Trinajstić information content (AvgIpc) is 3.33. The smallest absolute Gasteiger partial charge is 0.292 e. The van der Waals surface area contributed by atoms with Crippen LogP contribution in [-0.2, 0) is 6.67 Å². The van der Waals surface area contributed by atoms with E-state index in [2.05, 4.69) is 25.1 Å². The first-order valence-electron chi connectivity index (χ1n) is 7.91. The van der Waals surface area contributed by atoms with Crippen molar-refractivity contribution in [1.82, 2.24) is 14.8 Å². The standard InChI is InChI=1S/C17H16N4O2S2/c1-11(16-18-12-6-3-4-8-14(12)25-16)20(2)10-21-17(24)23-15(19-21)13-7-5-9-22-13/h3-9,11H,10H2,1-2H3/p+1/t11-/m1/s1. The fourth-order valence-corrected chi connectivity index (χ4v) is 3.86. The van der Waals surface area contributed by atoms with Crippen LogP contribution in [-0.4, -0.2) is 21.8 Å². The summed E-state index contributed by atoms with van der Waals surface area (Å²) in [5.41, 5.74) is 1.04. The molecule has 0 aliphatic carbocycles. The molecular formula is C17H17N4O2S2+. The lowest BCUT2D eigenvalue weighted by atomic mass is 10.3. The Bertz CT molecular complexity index is 1020. The molecule has 0 radical (unpaired) electrons. The zero-order valence-electron chi connectivity index (χ0n) is 13.8. The number of thiazole rings is 1.